The van der Waals surface area contributed by atoms with E-state index in [4.69, 9.17) is 23.2 Å². The Bertz CT molecular complexity index is 2730. The summed E-state index contributed by atoms with van der Waals surface area (Å²) in [7, 11) is 0. The molecule has 10 heterocycles. The number of nitrogens with zero attached hydrogens (tertiary/aromatic N) is 14. The second kappa shape index (κ2) is 16.9. The molecular formula is C38H34Cl2F6N18. The predicted molar refractivity (Wildman–Crippen MR) is 220 cm³/mol. The Morgan fingerprint density at radius 2 is 0.984 bits per heavy atom. The van der Waals surface area contributed by atoms with Crippen LogP contribution in [0.15, 0.2) is 74.1 Å². The second-order valence-corrected chi connectivity index (χ2v) is 15.8. The Hall–Kier alpha value is -6.50. The average molecular weight is 928 g/mol. The average Bonchev–Trinajstić information content (AvgIpc) is 4.09. The van der Waals surface area contributed by atoms with E-state index in [9.17, 15) is 26.3 Å². The third-order valence-electron chi connectivity index (χ3n) is 10.5. The maximum Gasteiger partial charge on any atom is 0.434 e. The van der Waals surface area contributed by atoms with Crippen molar-refractivity contribution in [3.63, 3.8) is 0 Å². The molecular weight excluding hydrogens is 893 g/mol. The Morgan fingerprint density at radius 3 is 1.36 bits per heavy atom. The highest BCUT2D eigenvalue weighted by molar-refractivity contribution is 6.30. The van der Waals surface area contributed by atoms with Gasteiger partial charge in [0.15, 0.2) is 34.3 Å². The lowest BCUT2D eigenvalue weighted by molar-refractivity contribution is -0.142. The molecule has 4 N–H and O–H groups in total. The monoisotopic (exact) mass is 926 g/mol. The summed E-state index contributed by atoms with van der Waals surface area (Å²) in [5.74, 6) is 1.82. The maximum absolute atomic E-state index is 13.1. The molecule has 0 saturated carbocycles. The van der Waals surface area contributed by atoms with E-state index in [1.165, 1.54) is 21.2 Å². The van der Waals surface area contributed by atoms with Gasteiger partial charge in [-0.2, -0.15) is 36.5 Å². The minimum absolute atomic E-state index is 0.0698. The van der Waals surface area contributed by atoms with Crippen LogP contribution in [0.4, 0.5) is 38.0 Å². The lowest BCUT2D eigenvalue weighted by Gasteiger charge is -2.38. The van der Waals surface area contributed by atoms with Crippen molar-refractivity contribution < 1.29 is 26.3 Å². The summed E-state index contributed by atoms with van der Waals surface area (Å²) in [6.45, 7) is 6.61. The second-order valence-electron chi connectivity index (χ2n) is 15.1. The van der Waals surface area contributed by atoms with E-state index >= 15 is 0 Å². The molecule has 18 nitrogen and oxygen atoms in total. The molecule has 2 aliphatic rings. The molecule has 8 aromatic heterocycles. The van der Waals surface area contributed by atoms with Gasteiger partial charge in [-0.3, -0.25) is 19.0 Å². The van der Waals surface area contributed by atoms with Gasteiger partial charge in [-0.1, -0.05) is 23.2 Å². The van der Waals surface area contributed by atoms with E-state index in [0.29, 0.717) is 59.5 Å². The lowest BCUT2D eigenvalue weighted by atomic mass is 10.1. The minimum atomic E-state index is -4.57. The summed E-state index contributed by atoms with van der Waals surface area (Å²) < 4.78 is 81.3. The first-order valence-corrected chi connectivity index (χ1v) is 20.2. The Labute approximate surface area is 367 Å². The standard InChI is InChI=1S/2C19H17ClF3N9/c2*1-10-7-31(8-12(28-10)11-4-27-30-17(11)20)15-2-3-24-18(29-15)13-5-26-16-6-25-14(9-32(13)16)19(21,22)23/h2*2-6,9-10,12,28H,7-8H2,1H3,(H,27,30). The number of rotatable bonds is 6. The van der Waals surface area contributed by atoms with Crippen molar-refractivity contribution in [2.24, 2.45) is 0 Å². The molecule has 0 bridgehead atoms. The van der Waals surface area contributed by atoms with E-state index in [0.717, 1.165) is 35.9 Å². The summed E-state index contributed by atoms with van der Waals surface area (Å²) in [6.07, 6.45) is 4.21. The highest BCUT2D eigenvalue weighted by atomic mass is 35.5. The molecule has 2 fully saturated rings. The molecule has 26 heteroatoms. The highest BCUT2D eigenvalue weighted by Crippen LogP contribution is 2.32. The number of halogens is 8. The van der Waals surface area contributed by atoms with Crippen LogP contribution >= 0.6 is 23.2 Å². The molecule has 4 atom stereocenters. The van der Waals surface area contributed by atoms with Crippen molar-refractivity contribution in [1.82, 2.24) is 79.7 Å². The van der Waals surface area contributed by atoms with Crippen LogP contribution in [-0.2, 0) is 12.4 Å². The SMILES string of the molecule is CC1CN(c2ccnc(-c3cnc4cnc(C(F)(F)F)cn34)n2)CC(c2cn[nH]c2Cl)N1.CC1CN(c2ccnc(-c3cnc4cnc(C(F)(F)F)cn34)n2)CC(c2cn[nH]c2Cl)N1. The van der Waals surface area contributed by atoms with Crippen LogP contribution in [0.3, 0.4) is 0 Å². The van der Waals surface area contributed by atoms with Gasteiger partial charge in [0, 0.05) is 74.2 Å². The molecule has 332 valence electrons. The number of alkyl halides is 6. The van der Waals surface area contributed by atoms with Gasteiger partial charge in [-0.05, 0) is 26.0 Å². The largest absolute Gasteiger partial charge is 0.434 e. The molecule has 64 heavy (non-hydrogen) atoms. The van der Waals surface area contributed by atoms with Crippen molar-refractivity contribution in [2.45, 2.75) is 50.4 Å². The number of aromatic nitrogens is 14. The van der Waals surface area contributed by atoms with Gasteiger partial charge in [0.25, 0.3) is 0 Å². The third-order valence-corrected chi connectivity index (χ3v) is 11.1. The number of H-pyrrole nitrogens is 2. The molecule has 2 saturated heterocycles. The number of hydrogen-bond acceptors (Lipinski definition) is 14. The van der Waals surface area contributed by atoms with Crippen molar-refractivity contribution in [3.8, 4) is 23.0 Å². The number of anilines is 2. The topological polar surface area (TPSA) is 200 Å². The molecule has 0 aromatic carbocycles. The maximum atomic E-state index is 13.1. The zero-order valence-electron chi connectivity index (χ0n) is 33.4. The Kier molecular flexibility index (Phi) is 11.3. The van der Waals surface area contributed by atoms with Gasteiger partial charge in [0.2, 0.25) is 0 Å². The Morgan fingerprint density at radius 1 is 0.562 bits per heavy atom. The van der Waals surface area contributed by atoms with E-state index < -0.39 is 23.7 Å². The summed E-state index contributed by atoms with van der Waals surface area (Å²) in [5, 5.41) is 21.4. The van der Waals surface area contributed by atoms with Crippen LogP contribution < -0.4 is 20.4 Å². The van der Waals surface area contributed by atoms with Gasteiger partial charge in [-0.15, -0.1) is 0 Å². The van der Waals surface area contributed by atoms with Crippen LogP contribution in [0.5, 0.6) is 0 Å². The molecule has 0 radical (unpaired) electrons. The van der Waals surface area contributed by atoms with Crippen LogP contribution in [-0.4, -0.2) is 107 Å². The molecule has 8 aromatic rings. The summed E-state index contributed by atoms with van der Waals surface area (Å²) in [6, 6.07) is 3.66. The van der Waals surface area contributed by atoms with Crippen LogP contribution in [0.2, 0.25) is 10.3 Å². The normalized spacial score (nSPS) is 19.6. The molecule has 0 amide bonds. The predicted octanol–water partition coefficient (Wildman–Crippen LogP) is 6.24. The number of imidazole rings is 2. The third kappa shape index (κ3) is 8.72. The zero-order valence-corrected chi connectivity index (χ0v) is 34.9. The summed E-state index contributed by atoms with van der Waals surface area (Å²) >= 11 is 12.4. The number of fused-ring (bicyclic) bond motifs is 2. The van der Waals surface area contributed by atoms with Gasteiger partial charge < -0.3 is 20.4 Å². The molecule has 4 unspecified atom stereocenters. The van der Waals surface area contributed by atoms with Crippen molar-refractivity contribution in [2.75, 3.05) is 36.0 Å². The number of aromatic amines is 2. The number of piperazine rings is 2. The van der Waals surface area contributed by atoms with E-state index in [1.807, 2.05) is 13.8 Å². The molecule has 2 aliphatic heterocycles. The van der Waals surface area contributed by atoms with Crippen LogP contribution in [0.1, 0.15) is 48.4 Å². The van der Waals surface area contributed by atoms with E-state index in [1.54, 1.807) is 36.9 Å². The Balaban J connectivity index is 0.000000162. The first kappa shape index (κ1) is 42.8. The van der Waals surface area contributed by atoms with Gasteiger partial charge in [0.1, 0.15) is 33.3 Å². The first-order valence-electron chi connectivity index (χ1n) is 19.5. The smallest absolute Gasteiger partial charge is 0.353 e. The lowest BCUT2D eigenvalue weighted by Crippen LogP contribution is -2.51. The highest BCUT2D eigenvalue weighted by Gasteiger charge is 2.35. The van der Waals surface area contributed by atoms with E-state index in [-0.39, 0.29) is 47.1 Å². The molecule has 10 rings (SSSR count). The molecule has 0 spiro atoms. The van der Waals surface area contributed by atoms with Crippen molar-refractivity contribution >= 4 is 46.1 Å². The number of nitrogens with one attached hydrogen (secondary N) is 4. The van der Waals surface area contributed by atoms with Crippen LogP contribution in [0, 0.1) is 0 Å². The van der Waals surface area contributed by atoms with Gasteiger partial charge in [-0.25, -0.2) is 39.9 Å². The number of hydrogen-bond donors (Lipinski definition) is 4. The fourth-order valence-electron chi connectivity index (χ4n) is 7.64. The van der Waals surface area contributed by atoms with E-state index in [2.05, 4.69) is 80.7 Å². The van der Waals surface area contributed by atoms with Gasteiger partial charge >= 0.3 is 12.4 Å². The fraction of sp³-hybridized carbons (Fsp3) is 0.316. The van der Waals surface area contributed by atoms with Crippen molar-refractivity contribution in [1.29, 1.82) is 0 Å². The van der Waals surface area contributed by atoms with Gasteiger partial charge in [0.05, 0.1) is 49.3 Å². The fourth-order valence-corrected chi connectivity index (χ4v) is 8.10. The van der Waals surface area contributed by atoms with Crippen LogP contribution in [0.25, 0.3) is 34.3 Å². The minimum Gasteiger partial charge on any atom is -0.353 e. The first-order chi connectivity index (χ1) is 30.6. The quantitative estimate of drug-likeness (QED) is 0.137. The molecule has 0 aliphatic carbocycles. The zero-order chi connectivity index (χ0) is 44.9. The summed E-state index contributed by atoms with van der Waals surface area (Å²) in [4.78, 5) is 37.1. The van der Waals surface area contributed by atoms with Crippen molar-refractivity contribution in [3.05, 3.63) is 107 Å². The summed E-state index contributed by atoms with van der Waals surface area (Å²) in [5.41, 5.74) is 0.893.